The second-order valence-electron chi connectivity index (χ2n) is 5.38. The quantitative estimate of drug-likeness (QED) is 0.512. The van der Waals surface area contributed by atoms with Crippen molar-refractivity contribution in [3.63, 3.8) is 0 Å². The van der Waals surface area contributed by atoms with E-state index in [-0.39, 0.29) is 15.7 Å². The van der Waals surface area contributed by atoms with Crippen LogP contribution in [0.2, 0.25) is 5.15 Å². The van der Waals surface area contributed by atoms with E-state index in [4.69, 9.17) is 11.6 Å². The normalized spacial score (nSPS) is 11.7. The lowest BCUT2D eigenvalue weighted by molar-refractivity contribution is 0.589. The molecule has 4 rings (SSSR count). The number of benzene rings is 2. The number of hydrogen-bond acceptors (Lipinski definition) is 4. The molecule has 0 spiro atoms. The fourth-order valence-corrected chi connectivity index (χ4v) is 4.46. The first-order chi connectivity index (χ1) is 12.1. The van der Waals surface area contributed by atoms with E-state index in [1.807, 2.05) is 36.4 Å². The SMILES string of the molecule is O=S(=O)(c1ccccc1-c1ccccc1)n1ccc2c(Cl)ncnc21. The van der Waals surface area contributed by atoms with Crippen LogP contribution in [0.3, 0.4) is 0 Å². The van der Waals surface area contributed by atoms with Gasteiger partial charge in [0.05, 0.1) is 10.3 Å². The molecule has 2 aromatic heterocycles. The van der Waals surface area contributed by atoms with Gasteiger partial charge >= 0.3 is 0 Å². The fourth-order valence-electron chi connectivity index (χ4n) is 2.75. The minimum absolute atomic E-state index is 0.202. The minimum atomic E-state index is -3.85. The molecule has 0 aliphatic rings. The summed E-state index contributed by atoms with van der Waals surface area (Å²) in [5.74, 6) is 0. The van der Waals surface area contributed by atoms with Crippen molar-refractivity contribution in [2.24, 2.45) is 0 Å². The molecule has 0 aliphatic carbocycles. The maximum Gasteiger partial charge on any atom is 0.269 e. The third-order valence-electron chi connectivity index (χ3n) is 3.91. The van der Waals surface area contributed by atoms with Crippen molar-refractivity contribution in [1.29, 1.82) is 0 Å². The van der Waals surface area contributed by atoms with Crippen LogP contribution in [-0.4, -0.2) is 22.4 Å². The van der Waals surface area contributed by atoms with Gasteiger partial charge in [0.2, 0.25) is 0 Å². The third kappa shape index (κ3) is 2.59. The summed E-state index contributed by atoms with van der Waals surface area (Å²) >= 11 is 6.03. The summed E-state index contributed by atoms with van der Waals surface area (Å²) in [6.07, 6.45) is 2.70. The average Bonchev–Trinajstić information content (AvgIpc) is 3.09. The van der Waals surface area contributed by atoms with Crippen LogP contribution in [0.4, 0.5) is 0 Å². The highest BCUT2D eigenvalue weighted by Gasteiger charge is 2.23. The zero-order valence-corrected chi connectivity index (χ0v) is 14.4. The number of fused-ring (bicyclic) bond motifs is 1. The second kappa shape index (κ2) is 5.98. The molecule has 2 heterocycles. The Balaban J connectivity index is 1.97. The van der Waals surface area contributed by atoms with Gasteiger partial charge < -0.3 is 0 Å². The molecule has 0 unspecified atom stereocenters. The smallest absolute Gasteiger partial charge is 0.224 e. The summed E-state index contributed by atoms with van der Waals surface area (Å²) in [7, 11) is -3.85. The topological polar surface area (TPSA) is 64.8 Å². The van der Waals surface area contributed by atoms with Gasteiger partial charge in [-0.05, 0) is 17.7 Å². The average molecular weight is 370 g/mol. The van der Waals surface area contributed by atoms with Crippen LogP contribution >= 0.6 is 11.6 Å². The molecule has 0 saturated carbocycles. The van der Waals surface area contributed by atoms with Crippen LogP contribution < -0.4 is 0 Å². The molecule has 0 N–H and O–H groups in total. The van der Waals surface area contributed by atoms with Gasteiger partial charge in [0.15, 0.2) is 5.65 Å². The van der Waals surface area contributed by atoms with E-state index in [1.165, 1.54) is 12.5 Å². The van der Waals surface area contributed by atoms with Gasteiger partial charge in [-0.2, -0.15) is 0 Å². The van der Waals surface area contributed by atoms with E-state index in [9.17, 15) is 8.42 Å². The Kier molecular flexibility index (Phi) is 3.78. The van der Waals surface area contributed by atoms with Crippen molar-refractivity contribution in [1.82, 2.24) is 13.9 Å². The largest absolute Gasteiger partial charge is 0.269 e. The van der Waals surface area contributed by atoms with Gasteiger partial charge in [-0.25, -0.2) is 22.4 Å². The van der Waals surface area contributed by atoms with Gasteiger partial charge in [-0.1, -0.05) is 60.1 Å². The highest BCUT2D eigenvalue weighted by atomic mass is 35.5. The lowest BCUT2D eigenvalue weighted by Gasteiger charge is -2.12. The third-order valence-corrected chi connectivity index (χ3v) is 5.93. The first kappa shape index (κ1) is 15.8. The molecule has 2 aromatic carbocycles. The molecule has 0 radical (unpaired) electrons. The van der Waals surface area contributed by atoms with Gasteiger partial charge in [-0.3, -0.25) is 0 Å². The lowest BCUT2D eigenvalue weighted by Crippen LogP contribution is -2.13. The Labute approximate surface area is 149 Å². The second-order valence-corrected chi connectivity index (χ2v) is 7.52. The Morgan fingerprint density at radius 2 is 1.60 bits per heavy atom. The Morgan fingerprint density at radius 3 is 2.40 bits per heavy atom. The van der Waals surface area contributed by atoms with E-state index >= 15 is 0 Å². The number of nitrogens with zero attached hydrogens (tertiary/aromatic N) is 3. The summed E-state index contributed by atoms with van der Waals surface area (Å²) in [5.41, 5.74) is 1.71. The molecule has 0 saturated heterocycles. The summed E-state index contributed by atoms with van der Waals surface area (Å²) in [6.45, 7) is 0. The lowest BCUT2D eigenvalue weighted by atomic mass is 10.1. The van der Waals surface area contributed by atoms with Crippen LogP contribution in [0.5, 0.6) is 0 Å². The number of aromatic nitrogens is 3. The molecular weight excluding hydrogens is 358 g/mol. The minimum Gasteiger partial charge on any atom is -0.224 e. The molecule has 5 nitrogen and oxygen atoms in total. The molecule has 4 aromatic rings. The summed E-state index contributed by atoms with van der Waals surface area (Å²) < 4.78 is 27.7. The zero-order chi connectivity index (χ0) is 17.4. The predicted octanol–water partition coefficient (Wildman–Crippen LogP) is 3.99. The summed E-state index contributed by atoms with van der Waals surface area (Å²) in [4.78, 5) is 8.17. The summed E-state index contributed by atoms with van der Waals surface area (Å²) in [5, 5.41) is 0.709. The first-order valence-electron chi connectivity index (χ1n) is 7.46. The number of hydrogen-bond donors (Lipinski definition) is 0. The molecule has 0 amide bonds. The number of halogens is 1. The Morgan fingerprint density at radius 1 is 0.880 bits per heavy atom. The van der Waals surface area contributed by atoms with Gasteiger partial charge in [0.1, 0.15) is 11.5 Å². The molecule has 25 heavy (non-hydrogen) atoms. The Hall–Kier alpha value is -2.70. The van der Waals surface area contributed by atoms with Crippen molar-refractivity contribution in [2.75, 3.05) is 0 Å². The number of rotatable bonds is 3. The first-order valence-corrected chi connectivity index (χ1v) is 9.28. The van der Waals surface area contributed by atoms with E-state index in [1.54, 1.807) is 24.3 Å². The predicted molar refractivity (Wildman–Crippen MR) is 97.0 cm³/mol. The van der Waals surface area contributed by atoms with E-state index in [0.717, 1.165) is 9.54 Å². The van der Waals surface area contributed by atoms with E-state index < -0.39 is 10.0 Å². The highest BCUT2D eigenvalue weighted by Crippen LogP contribution is 2.30. The summed E-state index contributed by atoms with van der Waals surface area (Å²) in [6, 6.07) is 17.9. The van der Waals surface area contributed by atoms with Crippen LogP contribution in [0.1, 0.15) is 0 Å². The molecule has 0 fully saturated rings. The molecule has 0 bridgehead atoms. The van der Waals surface area contributed by atoms with Crippen LogP contribution in [0, 0.1) is 0 Å². The molecular formula is C18H12ClN3O2S. The van der Waals surface area contributed by atoms with E-state index in [0.29, 0.717) is 10.9 Å². The molecule has 0 aliphatic heterocycles. The monoisotopic (exact) mass is 369 g/mol. The van der Waals surface area contributed by atoms with Gasteiger partial charge in [0.25, 0.3) is 10.0 Å². The van der Waals surface area contributed by atoms with Crippen molar-refractivity contribution >= 4 is 32.7 Å². The molecule has 7 heteroatoms. The Bertz CT molecular complexity index is 1170. The van der Waals surface area contributed by atoms with Gasteiger partial charge in [0, 0.05) is 11.8 Å². The molecule has 124 valence electrons. The van der Waals surface area contributed by atoms with Crippen LogP contribution in [-0.2, 0) is 10.0 Å². The van der Waals surface area contributed by atoms with Gasteiger partial charge in [-0.15, -0.1) is 0 Å². The fraction of sp³-hybridized carbons (Fsp3) is 0. The standard InChI is InChI=1S/C18H12ClN3O2S/c19-17-15-10-11-22(18(15)21-12-20-17)25(23,24)16-9-5-4-8-14(16)13-6-2-1-3-7-13/h1-12H. The van der Waals surface area contributed by atoms with Crippen molar-refractivity contribution in [3.8, 4) is 11.1 Å². The van der Waals surface area contributed by atoms with Crippen LogP contribution in [0.25, 0.3) is 22.2 Å². The maximum atomic E-state index is 13.3. The maximum absolute atomic E-state index is 13.3. The van der Waals surface area contributed by atoms with Crippen LogP contribution in [0.15, 0.2) is 78.1 Å². The zero-order valence-electron chi connectivity index (χ0n) is 12.9. The van der Waals surface area contributed by atoms with Crippen molar-refractivity contribution < 1.29 is 8.42 Å². The van der Waals surface area contributed by atoms with Crippen molar-refractivity contribution in [3.05, 3.63) is 78.3 Å². The molecule has 0 atom stereocenters. The van der Waals surface area contributed by atoms with E-state index in [2.05, 4.69) is 9.97 Å². The highest BCUT2D eigenvalue weighted by molar-refractivity contribution is 7.90. The van der Waals surface area contributed by atoms with Crippen molar-refractivity contribution in [2.45, 2.75) is 4.90 Å².